The van der Waals surface area contributed by atoms with E-state index >= 15 is 0 Å². The highest BCUT2D eigenvalue weighted by molar-refractivity contribution is 6.34. The van der Waals surface area contributed by atoms with Crippen LogP contribution in [0.5, 0.6) is 0 Å². The Morgan fingerprint density at radius 2 is 1.95 bits per heavy atom. The normalized spacial score (nSPS) is 10.2. The van der Waals surface area contributed by atoms with Gasteiger partial charge < -0.3 is 10.7 Å². The summed E-state index contributed by atoms with van der Waals surface area (Å²) in [6.45, 7) is 1.88. The zero-order valence-corrected chi connectivity index (χ0v) is 11.5. The lowest BCUT2D eigenvalue weighted by Gasteiger charge is -2.11. The average Bonchev–Trinajstić information content (AvgIpc) is 2.42. The van der Waals surface area contributed by atoms with Gasteiger partial charge in [-0.05, 0) is 42.8 Å². The lowest BCUT2D eigenvalue weighted by atomic mass is 10.1. The summed E-state index contributed by atoms with van der Waals surface area (Å²) in [5.74, 6) is 4.48. The van der Waals surface area contributed by atoms with Crippen molar-refractivity contribution in [3.8, 4) is 0 Å². The predicted octanol–water partition coefficient (Wildman–Crippen LogP) is 3.33. The first-order valence-electron chi connectivity index (χ1n) is 5.85. The van der Waals surface area contributed by atoms with Gasteiger partial charge in [0, 0.05) is 0 Å². The van der Waals surface area contributed by atoms with E-state index in [9.17, 15) is 9.18 Å². The van der Waals surface area contributed by atoms with Gasteiger partial charge in [0.15, 0.2) is 0 Å². The van der Waals surface area contributed by atoms with Crippen molar-refractivity contribution in [1.82, 2.24) is 0 Å². The molecule has 0 unspecified atom stereocenters. The minimum Gasteiger partial charge on any atom is -0.323 e. The quantitative estimate of drug-likeness (QED) is 0.601. The van der Waals surface area contributed by atoms with Gasteiger partial charge in [0.1, 0.15) is 5.82 Å². The molecule has 4 nitrogen and oxygen atoms in total. The van der Waals surface area contributed by atoms with Gasteiger partial charge in [-0.25, -0.2) is 4.39 Å². The van der Waals surface area contributed by atoms with Crippen molar-refractivity contribution in [3.05, 3.63) is 58.4 Å². The Labute approximate surface area is 120 Å². The van der Waals surface area contributed by atoms with Crippen molar-refractivity contribution in [2.75, 3.05) is 10.7 Å². The Balaban J connectivity index is 2.30. The molecule has 0 bridgehead atoms. The fraction of sp³-hybridized carbons (Fsp3) is 0.0714. The first-order chi connectivity index (χ1) is 9.51. The number of carbonyl (C=O) groups is 1. The molecule has 20 heavy (non-hydrogen) atoms. The molecule has 0 fully saturated rings. The Morgan fingerprint density at radius 1 is 1.20 bits per heavy atom. The molecule has 2 aromatic rings. The van der Waals surface area contributed by atoms with Crippen LogP contribution in [0.1, 0.15) is 15.9 Å². The van der Waals surface area contributed by atoms with Crippen LogP contribution in [0, 0.1) is 12.7 Å². The highest BCUT2D eigenvalue weighted by atomic mass is 35.5. The molecule has 0 aliphatic carbocycles. The predicted molar refractivity (Wildman–Crippen MR) is 78.4 cm³/mol. The van der Waals surface area contributed by atoms with Gasteiger partial charge in [-0.3, -0.25) is 10.6 Å². The van der Waals surface area contributed by atoms with E-state index in [1.807, 2.05) is 6.92 Å². The number of benzene rings is 2. The Morgan fingerprint density at radius 3 is 2.65 bits per heavy atom. The third-order valence-electron chi connectivity index (χ3n) is 2.75. The van der Waals surface area contributed by atoms with E-state index in [4.69, 9.17) is 17.4 Å². The third-order valence-corrected chi connectivity index (χ3v) is 3.08. The van der Waals surface area contributed by atoms with Crippen LogP contribution in [0.4, 0.5) is 15.8 Å². The highest BCUT2D eigenvalue weighted by Crippen LogP contribution is 2.24. The third kappa shape index (κ3) is 3.07. The fourth-order valence-corrected chi connectivity index (χ4v) is 1.92. The molecule has 0 saturated heterocycles. The van der Waals surface area contributed by atoms with E-state index in [1.54, 1.807) is 18.2 Å². The number of amides is 1. The van der Waals surface area contributed by atoms with Crippen molar-refractivity contribution >= 4 is 28.9 Å². The van der Waals surface area contributed by atoms with Crippen LogP contribution in [0.25, 0.3) is 0 Å². The summed E-state index contributed by atoms with van der Waals surface area (Å²) in [5.41, 5.74) is 4.45. The lowest BCUT2D eigenvalue weighted by Crippen LogP contribution is -2.17. The number of halogens is 2. The van der Waals surface area contributed by atoms with E-state index in [1.165, 1.54) is 12.1 Å². The molecule has 1 amide bonds. The number of hydrazine groups is 1. The smallest absolute Gasteiger partial charge is 0.257 e. The second-order valence-electron chi connectivity index (χ2n) is 4.27. The molecule has 4 N–H and O–H groups in total. The molecule has 0 aromatic heterocycles. The van der Waals surface area contributed by atoms with Crippen LogP contribution in [0.15, 0.2) is 36.4 Å². The van der Waals surface area contributed by atoms with Gasteiger partial charge in [-0.1, -0.05) is 17.7 Å². The van der Waals surface area contributed by atoms with Crippen molar-refractivity contribution in [2.24, 2.45) is 5.84 Å². The summed E-state index contributed by atoms with van der Waals surface area (Å²) in [6, 6.07) is 8.91. The second-order valence-corrected chi connectivity index (χ2v) is 4.68. The van der Waals surface area contributed by atoms with Gasteiger partial charge in [-0.2, -0.15) is 0 Å². The van der Waals surface area contributed by atoms with Crippen LogP contribution < -0.4 is 16.6 Å². The second kappa shape index (κ2) is 5.90. The molecule has 0 spiro atoms. The molecule has 6 heteroatoms. The molecule has 104 valence electrons. The summed E-state index contributed by atoms with van der Waals surface area (Å²) in [6.07, 6.45) is 0. The number of aryl methyl sites for hydroxylation is 1. The van der Waals surface area contributed by atoms with E-state index in [0.717, 1.165) is 11.6 Å². The summed E-state index contributed by atoms with van der Waals surface area (Å²) in [4.78, 5) is 12.2. The number of anilines is 2. The summed E-state index contributed by atoms with van der Waals surface area (Å²) in [7, 11) is 0. The van der Waals surface area contributed by atoms with E-state index in [-0.39, 0.29) is 10.7 Å². The maximum Gasteiger partial charge on any atom is 0.257 e. The Kier molecular flexibility index (Phi) is 4.22. The topological polar surface area (TPSA) is 67.2 Å². The number of hydrogen-bond acceptors (Lipinski definition) is 3. The van der Waals surface area contributed by atoms with Crippen LogP contribution in [-0.2, 0) is 0 Å². The number of nitrogens with one attached hydrogen (secondary N) is 2. The van der Waals surface area contributed by atoms with Crippen LogP contribution in [0.2, 0.25) is 5.02 Å². The SMILES string of the molecule is Cc1ccc(C(=O)Nc2cc(F)ccc2Cl)c(NN)c1. The molecular weight excluding hydrogens is 281 g/mol. The largest absolute Gasteiger partial charge is 0.323 e. The monoisotopic (exact) mass is 293 g/mol. The van der Waals surface area contributed by atoms with Gasteiger partial charge in [0.05, 0.1) is 22.0 Å². The Hall–Kier alpha value is -2.11. The van der Waals surface area contributed by atoms with Gasteiger partial charge >= 0.3 is 0 Å². The van der Waals surface area contributed by atoms with Gasteiger partial charge in [0.2, 0.25) is 0 Å². The zero-order chi connectivity index (χ0) is 14.7. The summed E-state index contributed by atoms with van der Waals surface area (Å²) < 4.78 is 13.2. The van der Waals surface area contributed by atoms with Crippen LogP contribution >= 0.6 is 11.6 Å². The molecule has 0 heterocycles. The molecule has 0 aliphatic rings. The fourth-order valence-electron chi connectivity index (χ4n) is 1.76. The molecular formula is C14H13ClFN3O. The molecule has 2 aromatic carbocycles. The standard InChI is InChI=1S/C14H13ClFN3O/c1-8-2-4-10(12(6-8)19-17)14(20)18-13-7-9(16)3-5-11(13)15/h2-7,19H,17H2,1H3,(H,18,20). The summed E-state index contributed by atoms with van der Waals surface area (Å²) in [5, 5.41) is 2.81. The van der Waals surface area contributed by atoms with Gasteiger partial charge in [0.25, 0.3) is 5.91 Å². The number of nitrogens with two attached hydrogens (primary N) is 1. The first-order valence-corrected chi connectivity index (χ1v) is 6.22. The average molecular weight is 294 g/mol. The van der Waals surface area contributed by atoms with Crippen molar-refractivity contribution in [2.45, 2.75) is 6.92 Å². The van der Waals surface area contributed by atoms with Crippen molar-refractivity contribution in [1.29, 1.82) is 0 Å². The van der Waals surface area contributed by atoms with Crippen molar-refractivity contribution < 1.29 is 9.18 Å². The van der Waals surface area contributed by atoms with E-state index in [2.05, 4.69) is 10.7 Å². The maximum atomic E-state index is 13.2. The van der Waals surface area contributed by atoms with Gasteiger partial charge in [-0.15, -0.1) is 0 Å². The Bertz CT molecular complexity index is 661. The lowest BCUT2D eigenvalue weighted by molar-refractivity contribution is 0.102. The minimum absolute atomic E-state index is 0.209. The molecule has 0 aliphatic heterocycles. The number of hydrogen-bond donors (Lipinski definition) is 3. The van der Waals surface area contributed by atoms with Crippen LogP contribution in [-0.4, -0.2) is 5.91 Å². The van der Waals surface area contributed by atoms with E-state index in [0.29, 0.717) is 11.3 Å². The van der Waals surface area contributed by atoms with Crippen molar-refractivity contribution in [3.63, 3.8) is 0 Å². The zero-order valence-electron chi connectivity index (χ0n) is 10.7. The number of nitrogen functional groups attached to an aromatic ring is 1. The number of rotatable bonds is 3. The minimum atomic E-state index is -0.481. The maximum absolute atomic E-state index is 13.2. The molecule has 0 radical (unpaired) electrons. The summed E-state index contributed by atoms with van der Waals surface area (Å²) >= 11 is 5.90. The molecule has 2 rings (SSSR count). The highest BCUT2D eigenvalue weighted by Gasteiger charge is 2.13. The first kappa shape index (κ1) is 14.3. The number of carbonyl (C=O) groups excluding carboxylic acids is 1. The van der Waals surface area contributed by atoms with Crippen LogP contribution in [0.3, 0.4) is 0 Å². The van der Waals surface area contributed by atoms with E-state index < -0.39 is 11.7 Å². The molecule has 0 atom stereocenters. The molecule has 0 saturated carbocycles.